The minimum atomic E-state index is -1.47. The van der Waals surface area contributed by atoms with Gasteiger partial charge in [0.2, 0.25) is 5.82 Å². The monoisotopic (exact) mass is 207 g/mol. The maximum atomic E-state index is 12.9. The first-order chi connectivity index (χ1) is 6.07. The highest BCUT2D eigenvalue weighted by atomic mass is 35.5. The zero-order valence-electron chi connectivity index (χ0n) is 6.26. The molecule has 0 bridgehead atoms. The molecular weight excluding hydrogens is 204 g/mol. The fourth-order valence-corrected chi connectivity index (χ4v) is 1.03. The summed E-state index contributed by atoms with van der Waals surface area (Å²) in [4.78, 5) is 9.15. The lowest BCUT2D eigenvalue weighted by Gasteiger charge is -1.99. The van der Waals surface area contributed by atoms with Crippen LogP contribution in [0.1, 0.15) is 5.56 Å². The predicted octanol–water partition coefficient (Wildman–Crippen LogP) is 2.61. The summed E-state index contributed by atoms with van der Waals surface area (Å²) in [6, 6.07) is 1.97. The lowest BCUT2D eigenvalue weighted by molar-refractivity contribution is -0.387. The van der Waals surface area contributed by atoms with Gasteiger partial charge in [-0.1, -0.05) is 0 Å². The highest BCUT2D eigenvalue weighted by Crippen LogP contribution is 2.23. The topological polar surface area (TPSA) is 43.1 Å². The normalized spacial score (nSPS) is 10.1. The Balaban J connectivity index is 3.31. The van der Waals surface area contributed by atoms with Crippen molar-refractivity contribution >= 4 is 17.3 Å². The van der Waals surface area contributed by atoms with Gasteiger partial charge in [0.15, 0.2) is 5.82 Å². The maximum absolute atomic E-state index is 12.9. The van der Waals surface area contributed by atoms with E-state index in [0.717, 1.165) is 12.1 Å². The molecule has 0 N–H and O–H groups in total. The number of benzene rings is 1. The predicted molar refractivity (Wildman–Crippen MR) is 42.6 cm³/mol. The fraction of sp³-hybridized carbons (Fsp3) is 0.143. The molecule has 0 saturated carbocycles. The van der Waals surface area contributed by atoms with Gasteiger partial charge in [-0.2, -0.15) is 4.39 Å². The summed E-state index contributed by atoms with van der Waals surface area (Å²) >= 11 is 5.26. The molecule has 70 valence electrons. The van der Waals surface area contributed by atoms with E-state index in [-0.39, 0.29) is 11.4 Å². The molecule has 0 heterocycles. The number of halogens is 3. The van der Waals surface area contributed by atoms with Crippen molar-refractivity contribution in [1.29, 1.82) is 0 Å². The van der Waals surface area contributed by atoms with Gasteiger partial charge in [0.25, 0.3) is 0 Å². The Hall–Kier alpha value is -1.23. The molecule has 0 aliphatic carbocycles. The third-order valence-corrected chi connectivity index (χ3v) is 1.77. The number of nitro groups is 1. The van der Waals surface area contributed by atoms with Gasteiger partial charge in [0.1, 0.15) is 0 Å². The average Bonchev–Trinajstić information content (AvgIpc) is 2.09. The molecule has 0 radical (unpaired) electrons. The zero-order valence-corrected chi connectivity index (χ0v) is 7.02. The lowest BCUT2D eigenvalue weighted by Crippen LogP contribution is -1.98. The van der Waals surface area contributed by atoms with E-state index in [1.807, 2.05) is 0 Å². The van der Waals surface area contributed by atoms with E-state index in [4.69, 9.17) is 11.6 Å². The Morgan fingerprint density at radius 3 is 2.46 bits per heavy atom. The molecule has 6 heteroatoms. The van der Waals surface area contributed by atoms with Crippen molar-refractivity contribution in [3.8, 4) is 0 Å². The molecule has 0 amide bonds. The van der Waals surface area contributed by atoms with Crippen molar-refractivity contribution in [2.24, 2.45) is 0 Å². The van der Waals surface area contributed by atoms with Crippen LogP contribution in [-0.2, 0) is 5.88 Å². The molecule has 1 rings (SSSR count). The van der Waals surface area contributed by atoms with E-state index in [2.05, 4.69) is 0 Å². The molecule has 1 aromatic rings. The van der Waals surface area contributed by atoms with Crippen molar-refractivity contribution in [1.82, 2.24) is 0 Å². The van der Waals surface area contributed by atoms with Crippen molar-refractivity contribution in [2.75, 3.05) is 0 Å². The Labute approximate surface area is 77.1 Å². The second-order valence-electron chi connectivity index (χ2n) is 2.26. The Morgan fingerprint density at radius 1 is 1.38 bits per heavy atom. The van der Waals surface area contributed by atoms with Crippen LogP contribution in [0.3, 0.4) is 0 Å². The van der Waals surface area contributed by atoms with Crippen molar-refractivity contribution in [3.63, 3.8) is 0 Å². The number of hydrogen-bond donors (Lipinski definition) is 0. The molecule has 0 saturated heterocycles. The summed E-state index contributed by atoms with van der Waals surface area (Å²) in [6.07, 6.45) is 0. The zero-order chi connectivity index (χ0) is 10.0. The van der Waals surface area contributed by atoms with Crippen LogP contribution in [0, 0.1) is 21.7 Å². The molecule has 3 nitrogen and oxygen atoms in total. The van der Waals surface area contributed by atoms with Gasteiger partial charge < -0.3 is 0 Å². The fourth-order valence-electron chi connectivity index (χ4n) is 0.823. The van der Waals surface area contributed by atoms with Crippen LogP contribution in [0.2, 0.25) is 0 Å². The molecule has 0 unspecified atom stereocenters. The summed E-state index contributed by atoms with van der Waals surface area (Å²) in [5.41, 5.74) is -0.976. The molecule has 0 fully saturated rings. The van der Waals surface area contributed by atoms with Crippen molar-refractivity contribution in [3.05, 3.63) is 39.4 Å². The van der Waals surface area contributed by atoms with Gasteiger partial charge in [0, 0.05) is 11.6 Å². The molecule has 0 aliphatic heterocycles. The van der Waals surface area contributed by atoms with Gasteiger partial charge in [-0.25, -0.2) is 4.39 Å². The summed E-state index contributed by atoms with van der Waals surface area (Å²) in [7, 11) is 0. The Morgan fingerprint density at radius 2 is 2.00 bits per heavy atom. The van der Waals surface area contributed by atoms with Crippen LogP contribution in [0.25, 0.3) is 0 Å². The van der Waals surface area contributed by atoms with Gasteiger partial charge in [0.05, 0.1) is 10.8 Å². The van der Waals surface area contributed by atoms with Gasteiger partial charge in [-0.05, 0) is 6.07 Å². The average molecular weight is 208 g/mol. The number of rotatable bonds is 2. The van der Waals surface area contributed by atoms with E-state index in [9.17, 15) is 18.9 Å². The van der Waals surface area contributed by atoms with Crippen LogP contribution in [-0.4, -0.2) is 4.92 Å². The van der Waals surface area contributed by atoms with E-state index >= 15 is 0 Å². The second kappa shape index (κ2) is 3.66. The summed E-state index contributed by atoms with van der Waals surface area (Å²) in [5.74, 6) is -2.95. The van der Waals surface area contributed by atoms with Crippen LogP contribution in [0.5, 0.6) is 0 Å². The number of alkyl halides is 1. The number of nitrogens with zero attached hydrogens (tertiary/aromatic N) is 1. The molecule has 0 spiro atoms. The standard InChI is InChI=1S/C7H4ClF2NO2/c8-3-4-1-2-5(11(12)13)7(10)6(4)9/h1-2H,3H2. The third kappa shape index (κ3) is 1.75. The highest BCUT2D eigenvalue weighted by molar-refractivity contribution is 6.17. The van der Waals surface area contributed by atoms with Crippen LogP contribution in [0.15, 0.2) is 12.1 Å². The minimum absolute atomic E-state index is 0.0928. The van der Waals surface area contributed by atoms with Crippen LogP contribution < -0.4 is 0 Å². The first kappa shape index (κ1) is 9.85. The van der Waals surface area contributed by atoms with E-state index in [1.165, 1.54) is 0 Å². The molecular formula is C7H4ClF2NO2. The first-order valence-corrected chi connectivity index (χ1v) is 3.78. The van der Waals surface area contributed by atoms with E-state index < -0.39 is 22.2 Å². The quantitative estimate of drug-likeness (QED) is 0.425. The maximum Gasteiger partial charge on any atom is 0.307 e. The largest absolute Gasteiger partial charge is 0.307 e. The minimum Gasteiger partial charge on any atom is -0.258 e. The third-order valence-electron chi connectivity index (χ3n) is 1.48. The lowest BCUT2D eigenvalue weighted by atomic mass is 10.2. The van der Waals surface area contributed by atoms with Gasteiger partial charge in [-0.15, -0.1) is 11.6 Å². The van der Waals surface area contributed by atoms with Crippen LogP contribution >= 0.6 is 11.6 Å². The number of nitro benzene ring substituents is 1. The van der Waals surface area contributed by atoms with Gasteiger partial charge in [-0.3, -0.25) is 10.1 Å². The Bertz CT molecular complexity index is 357. The van der Waals surface area contributed by atoms with Gasteiger partial charge >= 0.3 is 5.69 Å². The molecule has 13 heavy (non-hydrogen) atoms. The second-order valence-corrected chi connectivity index (χ2v) is 2.53. The molecule has 0 aliphatic rings. The smallest absolute Gasteiger partial charge is 0.258 e. The van der Waals surface area contributed by atoms with Crippen molar-refractivity contribution < 1.29 is 13.7 Å². The Kier molecular flexibility index (Phi) is 2.77. The van der Waals surface area contributed by atoms with Crippen LogP contribution in [0.4, 0.5) is 14.5 Å². The van der Waals surface area contributed by atoms with Crippen molar-refractivity contribution in [2.45, 2.75) is 5.88 Å². The molecule has 1 aromatic carbocycles. The summed E-state index contributed by atoms with van der Waals surface area (Å²) in [6.45, 7) is 0. The molecule has 0 atom stereocenters. The summed E-state index contributed by atoms with van der Waals surface area (Å²) in [5, 5.41) is 10.1. The SMILES string of the molecule is O=[N+]([O-])c1ccc(CCl)c(F)c1F. The molecule has 0 aromatic heterocycles. The first-order valence-electron chi connectivity index (χ1n) is 3.25. The summed E-state index contributed by atoms with van der Waals surface area (Å²) < 4.78 is 25.7. The van der Waals surface area contributed by atoms with E-state index in [1.54, 1.807) is 0 Å². The number of hydrogen-bond acceptors (Lipinski definition) is 2. The van der Waals surface area contributed by atoms with E-state index in [0.29, 0.717) is 0 Å². The highest BCUT2D eigenvalue weighted by Gasteiger charge is 2.20.